The van der Waals surface area contributed by atoms with Crippen LogP contribution in [0.1, 0.15) is 23.8 Å². The van der Waals surface area contributed by atoms with Gasteiger partial charge in [-0.15, -0.1) is 0 Å². The molecule has 86 valence electrons. The first-order valence-electron chi connectivity index (χ1n) is 5.75. The fourth-order valence-electron chi connectivity index (χ4n) is 2.11. The lowest BCUT2D eigenvalue weighted by Gasteiger charge is -2.26. The molecule has 0 aliphatic carbocycles. The first kappa shape index (κ1) is 11.1. The minimum Gasteiger partial charge on any atom is -0.333 e. The van der Waals surface area contributed by atoms with Crippen molar-refractivity contribution >= 4 is 5.91 Å². The van der Waals surface area contributed by atoms with Crippen molar-refractivity contribution in [1.29, 1.82) is 0 Å². The summed E-state index contributed by atoms with van der Waals surface area (Å²) in [5.41, 5.74) is 0.538. The van der Waals surface area contributed by atoms with Crippen molar-refractivity contribution in [3.05, 3.63) is 30.1 Å². The normalized spacial score (nSPS) is 19.7. The van der Waals surface area contributed by atoms with Gasteiger partial charge in [-0.3, -0.25) is 9.78 Å². The van der Waals surface area contributed by atoms with Crippen molar-refractivity contribution in [3.8, 4) is 0 Å². The minimum absolute atomic E-state index is 0.0387. The number of carbonyl (C=O) groups is 1. The Balaban J connectivity index is 2.12. The number of aromatic nitrogens is 1. The van der Waals surface area contributed by atoms with Gasteiger partial charge in [0.2, 0.25) is 0 Å². The van der Waals surface area contributed by atoms with Crippen molar-refractivity contribution < 1.29 is 4.79 Å². The Morgan fingerprint density at radius 3 is 3.06 bits per heavy atom. The highest BCUT2D eigenvalue weighted by atomic mass is 16.2. The SMILES string of the molecule is CCN(C(=O)c1ccccn1)C1CCNC1. The molecule has 1 atom stereocenters. The third-order valence-corrected chi connectivity index (χ3v) is 2.96. The molecule has 16 heavy (non-hydrogen) atoms. The van der Waals surface area contributed by atoms with Crippen LogP contribution in [0.15, 0.2) is 24.4 Å². The Morgan fingerprint density at radius 1 is 1.62 bits per heavy atom. The number of pyridine rings is 1. The van der Waals surface area contributed by atoms with Crippen LogP contribution in [-0.2, 0) is 0 Å². The van der Waals surface area contributed by atoms with E-state index in [1.165, 1.54) is 0 Å². The van der Waals surface area contributed by atoms with E-state index in [1.807, 2.05) is 24.0 Å². The molecule has 0 bridgehead atoms. The lowest BCUT2D eigenvalue weighted by Crippen LogP contribution is -2.41. The van der Waals surface area contributed by atoms with Crippen LogP contribution >= 0.6 is 0 Å². The van der Waals surface area contributed by atoms with Crippen LogP contribution in [0.25, 0.3) is 0 Å². The first-order valence-corrected chi connectivity index (χ1v) is 5.75. The molecule has 4 nitrogen and oxygen atoms in total. The molecule has 1 aromatic heterocycles. The number of rotatable bonds is 3. The van der Waals surface area contributed by atoms with Gasteiger partial charge in [-0.25, -0.2) is 0 Å². The summed E-state index contributed by atoms with van der Waals surface area (Å²) < 4.78 is 0. The van der Waals surface area contributed by atoms with Crippen molar-refractivity contribution in [3.63, 3.8) is 0 Å². The van der Waals surface area contributed by atoms with Gasteiger partial charge in [-0.05, 0) is 32.0 Å². The van der Waals surface area contributed by atoms with E-state index in [2.05, 4.69) is 10.3 Å². The van der Waals surface area contributed by atoms with Crippen LogP contribution < -0.4 is 5.32 Å². The summed E-state index contributed by atoms with van der Waals surface area (Å²) in [5, 5.41) is 3.28. The van der Waals surface area contributed by atoms with E-state index in [-0.39, 0.29) is 5.91 Å². The third kappa shape index (κ3) is 2.22. The quantitative estimate of drug-likeness (QED) is 0.821. The highest BCUT2D eigenvalue weighted by molar-refractivity contribution is 5.92. The van der Waals surface area contributed by atoms with Crippen LogP contribution in [0.2, 0.25) is 0 Å². The van der Waals surface area contributed by atoms with Gasteiger partial charge < -0.3 is 10.2 Å². The molecule has 1 unspecified atom stereocenters. The fraction of sp³-hybridized carbons (Fsp3) is 0.500. The van der Waals surface area contributed by atoms with Crippen LogP contribution in [-0.4, -0.2) is 41.5 Å². The van der Waals surface area contributed by atoms with E-state index in [4.69, 9.17) is 0 Å². The summed E-state index contributed by atoms with van der Waals surface area (Å²) in [6, 6.07) is 5.76. The molecule has 1 aliphatic rings. The molecule has 1 fully saturated rings. The molecule has 1 N–H and O–H groups in total. The molecule has 0 aromatic carbocycles. The maximum Gasteiger partial charge on any atom is 0.272 e. The molecule has 2 rings (SSSR count). The largest absolute Gasteiger partial charge is 0.333 e. The van der Waals surface area contributed by atoms with Gasteiger partial charge in [0, 0.05) is 25.3 Å². The van der Waals surface area contributed by atoms with Gasteiger partial charge in [-0.2, -0.15) is 0 Å². The summed E-state index contributed by atoms with van der Waals surface area (Å²) in [7, 11) is 0. The second kappa shape index (κ2) is 5.07. The summed E-state index contributed by atoms with van der Waals surface area (Å²) in [6.07, 6.45) is 2.69. The highest BCUT2D eigenvalue weighted by Crippen LogP contribution is 2.11. The third-order valence-electron chi connectivity index (χ3n) is 2.96. The standard InChI is InChI=1S/C12H17N3O/c1-2-15(10-6-8-13-9-10)12(16)11-5-3-4-7-14-11/h3-5,7,10,13H,2,6,8-9H2,1H3. The summed E-state index contributed by atoms with van der Waals surface area (Å²) in [4.78, 5) is 18.2. The van der Waals surface area contributed by atoms with Crippen molar-refractivity contribution in [2.24, 2.45) is 0 Å². The Bertz CT molecular complexity index is 347. The molecular formula is C12H17N3O. The van der Waals surface area contributed by atoms with Crippen molar-refractivity contribution in [1.82, 2.24) is 15.2 Å². The maximum atomic E-state index is 12.2. The Morgan fingerprint density at radius 2 is 2.50 bits per heavy atom. The molecule has 0 radical (unpaired) electrons. The molecule has 4 heteroatoms. The first-order chi connectivity index (χ1) is 7.83. The van der Waals surface area contributed by atoms with Gasteiger partial charge >= 0.3 is 0 Å². The van der Waals surface area contributed by atoms with E-state index < -0.39 is 0 Å². The number of hydrogen-bond donors (Lipinski definition) is 1. The zero-order chi connectivity index (χ0) is 11.4. The Labute approximate surface area is 95.7 Å². The van der Waals surface area contributed by atoms with E-state index in [0.29, 0.717) is 11.7 Å². The summed E-state index contributed by atoms with van der Waals surface area (Å²) in [5.74, 6) is 0.0387. The Hall–Kier alpha value is -1.42. The van der Waals surface area contributed by atoms with Gasteiger partial charge in [0.15, 0.2) is 0 Å². The summed E-state index contributed by atoms with van der Waals surface area (Å²) in [6.45, 7) is 4.64. The maximum absolute atomic E-state index is 12.2. The highest BCUT2D eigenvalue weighted by Gasteiger charge is 2.26. The second-order valence-corrected chi connectivity index (χ2v) is 3.95. The van der Waals surface area contributed by atoms with Crippen LogP contribution in [0, 0.1) is 0 Å². The number of hydrogen-bond acceptors (Lipinski definition) is 3. The molecular weight excluding hydrogens is 202 g/mol. The fourth-order valence-corrected chi connectivity index (χ4v) is 2.11. The van der Waals surface area contributed by atoms with Crippen molar-refractivity contribution in [2.45, 2.75) is 19.4 Å². The van der Waals surface area contributed by atoms with Crippen LogP contribution in [0.4, 0.5) is 0 Å². The zero-order valence-corrected chi connectivity index (χ0v) is 9.52. The lowest BCUT2D eigenvalue weighted by atomic mass is 10.2. The Kier molecular flexibility index (Phi) is 3.51. The number of amides is 1. The van der Waals surface area contributed by atoms with Gasteiger partial charge in [0.05, 0.1) is 0 Å². The van der Waals surface area contributed by atoms with Gasteiger partial charge in [0.1, 0.15) is 5.69 Å². The van der Waals surface area contributed by atoms with E-state index in [9.17, 15) is 4.79 Å². The molecule has 1 aliphatic heterocycles. The lowest BCUT2D eigenvalue weighted by molar-refractivity contribution is 0.0698. The molecule has 1 saturated heterocycles. The number of nitrogens with one attached hydrogen (secondary N) is 1. The molecule has 1 amide bonds. The zero-order valence-electron chi connectivity index (χ0n) is 9.52. The van der Waals surface area contributed by atoms with Crippen LogP contribution in [0.5, 0.6) is 0 Å². The van der Waals surface area contributed by atoms with E-state index >= 15 is 0 Å². The molecule has 2 heterocycles. The monoisotopic (exact) mass is 219 g/mol. The molecule has 0 saturated carbocycles. The van der Waals surface area contributed by atoms with Gasteiger partial charge in [0.25, 0.3) is 5.91 Å². The van der Waals surface area contributed by atoms with Crippen LogP contribution in [0.3, 0.4) is 0 Å². The molecule has 1 aromatic rings. The predicted octanol–water partition coefficient (Wildman–Crippen LogP) is 0.906. The van der Waals surface area contributed by atoms with E-state index in [1.54, 1.807) is 12.3 Å². The summed E-state index contributed by atoms with van der Waals surface area (Å²) >= 11 is 0. The smallest absolute Gasteiger partial charge is 0.272 e. The predicted molar refractivity (Wildman–Crippen MR) is 62.2 cm³/mol. The average Bonchev–Trinajstić information content (AvgIpc) is 2.85. The van der Waals surface area contributed by atoms with Crippen molar-refractivity contribution in [2.75, 3.05) is 19.6 Å². The number of carbonyl (C=O) groups excluding carboxylic acids is 1. The number of likely N-dealkylation sites (N-methyl/N-ethyl adjacent to an activating group) is 1. The average molecular weight is 219 g/mol. The topological polar surface area (TPSA) is 45.2 Å². The van der Waals surface area contributed by atoms with Gasteiger partial charge in [-0.1, -0.05) is 6.07 Å². The van der Waals surface area contributed by atoms with E-state index in [0.717, 1.165) is 26.1 Å². The minimum atomic E-state index is 0.0387. The second-order valence-electron chi connectivity index (χ2n) is 3.95. The molecule has 0 spiro atoms. The number of nitrogens with zero attached hydrogens (tertiary/aromatic N) is 2.